The van der Waals surface area contributed by atoms with Crippen molar-refractivity contribution in [2.24, 2.45) is 11.8 Å². The molecule has 0 spiro atoms. The van der Waals surface area contributed by atoms with Crippen LogP contribution in [0.15, 0.2) is 12.4 Å². The van der Waals surface area contributed by atoms with Gasteiger partial charge in [-0.3, -0.25) is 9.78 Å². The number of hydrogen-bond donors (Lipinski definition) is 1. The largest absolute Gasteiger partial charge is 0.347 e. The van der Waals surface area contributed by atoms with Crippen LogP contribution in [-0.4, -0.2) is 21.9 Å². The Labute approximate surface area is 105 Å². The van der Waals surface area contributed by atoms with Crippen LogP contribution in [0.3, 0.4) is 0 Å². The molecule has 0 aromatic carbocycles. The highest BCUT2D eigenvalue weighted by Gasteiger charge is 2.42. The summed E-state index contributed by atoms with van der Waals surface area (Å²) in [6, 6.07) is 0.336. The van der Waals surface area contributed by atoms with Crippen molar-refractivity contribution in [3.63, 3.8) is 0 Å². The van der Waals surface area contributed by atoms with Crippen molar-refractivity contribution >= 4 is 17.5 Å². The lowest BCUT2D eigenvalue weighted by Crippen LogP contribution is -2.38. The number of carbonyl (C=O) groups is 1. The molecule has 17 heavy (non-hydrogen) atoms. The predicted molar refractivity (Wildman–Crippen MR) is 63.7 cm³/mol. The van der Waals surface area contributed by atoms with Crippen molar-refractivity contribution in [3.05, 3.63) is 23.2 Å². The molecule has 0 radical (unpaired) electrons. The fourth-order valence-electron chi connectivity index (χ4n) is 2.21. The minimum absolute atomic E-state index is 0.149. The van der Waals surface area contributed by atoms with E-state index >= 15 is 0 Å². The van der Waals surface area contributed by atoms with E-state index in [9.17, 15) is 4.79 Å². The Bertz CT molecular complexity index is 431. The second-order valence-electron chi connectivity index (χ2n) is 4.90. The first-order valence-electron chi connectivity index (χ1n) is 6.02. The summed E-state index contributed by atoms with van der Waals surface area (Å²) >= 11 is 5.72. The van der Waals surface area contributed by atoms with E-state index < -0.39 is 0 Å². The third kappa shape index (κ3) is 2.57. The number of nitrogens with zero attached hydrogens (tertiary/aromatic N) is 2. The van der Waals surface area contributed by atoms with Gasteiger partial charge in [0.2, 0.25) is 0 Å². The van der Waals surface area contributed by atoms with Crippen LogP contribution in [0.2, 0.25) is 5.15 Å². The summed E-state index contributed by atoms with van der Waals surface area (Å²) in [5.41, 5.74) is 0.309. The molecule has 3 rings (SSSR count). The van der Waals surface area contributed by atoms with Crippen molar-refractivity contribution in [2.45, 2.75) is 31.7 Å². The van der Waals surface area contributed by atoms with E-state index in [1.54, 1.807) is 0 Å². The summed E-state index contributed by atoms with van der Waals surface area (Å²) < 4.78 is 0. The fourth-order valence-corrected chi connectivity index (χ4v) is 2.36. The lowest BCUT2D eigenvalue weighted by Gasteiger charge is -2.17. The Morgan fingerprint density at radius 3 is 2.47 bits per heavy atom. The highest BCUT2D eigenvalue weighted by Crippen LogP contribution is 2.44. The van der Waals surface area contributed by atoms with Crippen LogP contribution in [0.1, 0.15) is 36.2 Å². The zero-order valence-electron chi connectivity index (χ0n) is 9.40. The van der Waals surface area contributed by atoms with Gasteiger partial charge in [0, 0.05) is 6.04 Å². The van der Waals surface area contributed by atoms with Gasteiger partial charge in [-0.1, -0.05) is 11.6 Å². The molecule has 0 bridgehead atoms. The van der Waals surface area contributed by atoms with E-state index in [4.69, 9.17) is 11.6 Å². The van der Waals surface area contributed by atoms with Crippen LogP contribution in [0.25, 0.3) is 0 Å². The molecule has 2 fully saturated rings. The maximum Gasteiger partial charge on any atom is 0.271 e. The molecule has 2 aliphatic carbocycles. The topological polar surface area (TPSA) is 54.9 Å². The molecule has 1 heterocycles. The first-order valence-corrected chi connectivity index (χ1v) is 6.40. The quantitative estimate of drug-likeness (QED) is 0.891. The van der Waals surface area contributed by atoms with Crippen LogP contribution in [-0.2, 0) is 0 Å². The molecule has 1 N–H and O–H groups in total. The van der Waals surface area contributed by atoms with Gasteiger partial charge in [0.15, 0.2) is 0 Å². The second kappa shape index (κ2) is 4.26. The van der Waals surface area contributed by atoms with Gasteiger partial charge in [-0.25, -0.2) is 4.98 Å². The smallest absolute Gasteiger partial charge is 0.271 e. The van der Waals surface area contributed by atoms with Gasteiger partial charge in [-0.15, -0.1) is 0 Å². The predicted octanol–water partition coefficient (Wildman–Crippen LogP) is 2.05. The van der Waals surface area contributed by atoms with E-state index in [0.29, 0.717) is 23.6 Å². The summed E-state index contributed by atoms with van der Waals surface area (Å²) in [7, 11) is 0. The Morgan fingerprint density at radius 1 is 1.29 bits per heavy atom. The number of nitrogens with one attached hydrogen (secondary N) is 1. The summed E-state index contributed by atoms with van der Waals surface area (Å²) in [6.45, 7) is 0. The molecule has 0 atom stereocenters. The van der Waals surface area contributed by atoms with Gasteiger partial charge in [0.25, 0.3) is 5.91 Å². The second-order valence-corrected chi connectivity index (χ2v) is 5.29. The van der Waals surface area contributed by atoms with E-state index in [2.05, 4.69) is 15.3 Å². The summed E-state index contributed by atoms with van der Waals surface area (Å²) in [5, 5.41) is 3.34. The minimum atomic E-state index is -0.149. The number of halogens is 1. The van der Waals surface area contributed by atoms with E-state index in [0.717, 1.165) is 0 Å². The Balaban J connectivity index is 1.69. The van der Waals surface area contributed by atoms with Gasteiger partial charge in [-0.2, -0.15) is 0 Å². The molecule has 1 amide bonds. The molecule has 2 saturated carbocycles. The van der Waals surface area contributed by atoms with Crippen molar-refractivity contribution in [3.8, 4) is 0 Å². The number of carbonyl (C=O) groups excluding carboxylic acids is 1. The maximum atomic E-state index is 12.0. The maximum absolute atomic E-state index is 12.0. The SMILES string of the molecule is O=C(NC(C1CC1)C1CC1)c1cncc(Cl)n1. The van der Waals surface area contributed by atoms with Gasteiger partial charge in [0.05, 0.1) is 12.4 Å². The molecule has 0 saturated heterocycles. The molecular formula is C12H14ClN3O. The fraction of sp³-hybridized carbons (Fsp3) is 0.583. The highest BCUT2D eigenvalue weighted by atomic mass is 35.5. The number of amides is 1. The molecule has 1 aromatic heterocycles. The lowest BCUT2D eigenvalue weighted by molar-refractivity contribution is 0.0921. The summed E-state index contributed by atoms with van der Waals surface area (Å²) in [6.07, 6.45) is 7.84. The molecule has 2 aliphatic rings. The number of aromatic nitrogens is 2. The highest BCUT2D eigenvalue weighted by molar-refractivity contribution is 6.29. The van der Waals surface area contributed by atoms with Crippen LogP contribution >= 0.6 is 11.6 Å². The Morgan fingerprint density at radius 2 is 1.94 bits per heavy atom. The summed E-state index contributed by atoms with van der Waals surface area (Å²) in [5.74, 6) is 1.21. The zero-order valence-corrected chi connectivity index (χ0v) is 10.2. The average Bonchev–Trinajstić information content (AvgIpc) is 3.16. The summed E-state index contributed by atoms with van der Waals surface area (Å²) in [4.78, 5) is 19.9. The van der Waals surface area contributed by atoms with Gasteiger partial charge >= 0.3 is 0 Å². The van der Waals surface area contributed by atoms with E-state index in [-0.39, 0.29) is 11.1 Å². The third-order valence-electron chi connectivity index (χ3n) is 3.40. The molecule has 5 heteroatoms. The molecule has 1 aromatic rings. The van der Waals surface area contributed by atoms with Crippen molar-refractivity contribution in [2.75, 3.05) is 0 Å². The van der Waals surface area contributed by atoms with Gasteiger partial charge in [0.1, 0.15) is 10.8 Å². The Kier molecular flexibility index (Phi) is 2.74. The number of hydrogen-bond acceptors (Lipinski definition) is 3. The van der Waals surface area contributed by atoms with Crippen molar-refractivity contribution in [1.29, 1.82) is 0 Å². The zero-order chi connectivity index (χ0) is 11.8. The normalized spacial score (nSPS) is 19.4. The third-order valence-corrected chi connectivity index (χ3v) is 3.58. The van der Waals surface area contributed by atoms with Crippen LogP contribution in [0.5, 0.6) is 0 Å². The lowest BCUT2D eigenvalue weighted by atomic mass is 10.1. The molecular weight excluding hydrogens is 238 g/mol. The monoisotopic (exact) mass is 251 g/mol. The average molecular weight is 252 g/mol. The molecule has 0 unspecified atom stereocenters. The molecule has 0 aliphatic heterocycles. The first-order chi connectivity index (χ1) is 8.24. The van der Waals surface area contributed by atoms with Crippen LogP contribution in [0.4, 0.5) is 0 Å². The molecule has 4 nitrogen and oxygen atoms in total. The number of rotatable bonds is 4. The van der Waals surface area contributed by atoms with E-state index in [1.807, 2.05) is 0 Å². The van der Waals surface area contributed by atoms with Gasteiger partial charge < -0.3 is 5.32 Å². The molecule has 90 valence electrons. The van der Waals surface area contributed by atoms with Crippen LogP contribution < -0.4 is 5.32 Å². The standard InChI is InChI=1S/C12H14ClN3O/c13-10-6-14-5-9(15-10)12(17)16-11(7-1-2-7)8-3-4-8/h5-8,11H,1-4H2,(H,16,17). The van der Waals surface area contributed by atoms with Gasteiger partial charge in [-0.05, 0) is 37.5 Å². The van der Waals surface area contributed by atoms with Crippen molar-refractivity contribution in [1.82, 2.24) is 15.3 Å². The first kappa shape index (κ1) is 11.0. The van der Waals surface area contributed by atoms with E-state index in [1.165, 1.54) is 38.1 Å². The minimum Gasteiger partial charge on any atom is -0.347 e. The van der Waals surface area contributed by atoms with Crippen molar-refractivity contribution < 1.29 is 4.79 Å². The Hall–Kier alpha value is -1.16. The van der Waals surface area contributed by atoms with Crippen LogP contribution in [0, 0.1) is 11.8 Å².